The summed E-state index contributed by atoms with van der Waals surface area (Å²) in [6.07, 6.45) is 4.70. The molecule has 0 saturated carbocycles. The Morgan fingerprint density at radius 1 is 1.04 bits per heavy atom. The molecule has 3 aromatic rings. The topological polar surface area (TPSA) is 64.1 Å². The number of carbonyl (C=O) groups excluding carboxylic acids is 1. The Bertz CT molecular complexity index is 873. The number of rotatable bonds is 4. The largest absolute Gasteiger partial charge is 0.437 e. The van der Waals surface area contributed by atoms with E-state index in [1.807, 2.05) is 0 Å². The predicted octanol–water partition coefficient (Wildman–Crippen LogP) is 4.83. The normalized spacial score (nSPS) is 10.2. The Morgan fingerprint density at radius 3 is 2.58 bits per heavy atom. The second-order valence-corrected chi connectivity index (χ2v) is 5.57. The van der Waals surface area contributed by atoms with Crippen LogP contribution in [0.5, 0.6) is 11.6 Å². The minimum atomic E-state index is -0.352. The highest BCUT2D eigenvalue weighted by Crippen LogP contribution is 2.32. The minimum Gasteiger partial charge on any atom is -0.437 e. The van der Waals surface area contributed by atoms with Gasteiger partial charge in [0.05, 0.1) is 5.02 Å². The van der Waals surface area contributed by atoms with Gasteiger partial charge in [-0.1, -0.05) is 23.2 Å². The summed E-state index contributed by atoms with van der Waals surface area (Å²) in [4.78, 5) is 20.5. The molecule has 120 valence electrons. The number of carbonyl (C=O) groups is 1. The summed E-state index contributed by atoms with van der Waals surface area (Å²) in [6, 6.07) is 11.4. The van der Waals surface area contributed by atoms with Crippen molar-refractivity contribution in [2.75, 3.05) is 5.32 Å². The lowest BCUT2D eigenvalue weighted by atomic mass is 10.2. The first-order valence-corrected chi connectivity index (χ1v) is 7.68. The van der Waals surface area contributed by atoms with E-state index in [-0.39, 0.29) is 17.4 Å². The van der Waals surface area contributed by atoms with E-state index in [9.17, 15) is 4.79 Å². The predicted molar refractivity (Wildman–Crippen MR) is 93.0 cm³/mol. The molecule has 0 spiro atoms. The molecule has 0 radical (unpaired) electrons. The lowest BCUT2D eigenvalue weighted by Gasteiger charge is -2.11. The molecule has 0 unspecified atom stereocenters. The van der Waals surface area contributed by atoms with Crippen molar-refractivity contribution in [1.29, 1.82) is 0 Å². The highest BCUT2D eigenvalue weighted by molar-refractivity contribution is 6.35. The van der Waals surface area contributed by atoms with Crippen molar-refractivity contribution in [2.45, 2.75) is 0 Å². The van der Waals surface area contributed by atoms with Gasteiger partial charge in [0.2, 0.25) is 5.88 Å². The van der Waals surface area contributed by atoms with Crippen molar-refractivity contribution in [2.24, 2.45) is 0 Å². The Labute approximate surface area is 148 Å². The van der Waals surface area contributed by atoms with E-state index in [1.165, 1.54) is 6.20 Å². The third-order valence-corrected chi connectivity index (χ3v) is 3.58. The van der Waals surface area contributed by atoms with E-state index < -0.39 is 0 Å². The first-order chi connectivity index (χ1) is 11.6. The highest BCUT2D eigenvalue weighted by atomic mass is 35.5. The average Bonchev–Trinajstić information content (AvgIpc) is 2.59. The molecule has 2 heterocycles. The summed E-state index contributed by atoms with van der Waals surface area (Å²) in [5.41, 5.74) is 0.898. The van der Waals surface area contributed by atoms with Gasteiger partial charge in [-0.15, -0.1) is 0 Å². The number of nitrogens with zero attached hydrogens (tertiary/aromatic N) is 2. The maximum Gasteiger partial charge on any atom is 0.261 e. The summed E-state index contributed by atoms with van der Waals surface area (Å²) in [5.74, 6) is 0.153. The molecular weight excluding hydrogens is 349 g/mol. The molecule has 1 amide bonds. The molecular formula is C17H11Cl2N3O2. The number of amides is 1. The van der Waals surface area contributed by atoms with E-state index >= 15 is 0 Å². The van der Waals surface area contributed by atoms with E-state index in [4.69, 9.17) is 27.9 Å². The van der Waals surface area contributed by atoms with Gasteiger partial charge in [0.25, 0.3) is 5.91 Å². The van der Waals surface area contributed by atoms with Gasteiger partial charge in [-0.3, -0.25) is 9.78 Å². The first-order valence-electron chi connectivity index (χ1n) is 6.93. The zero-order valence-corrected chi connectivity index (χ0v) is 13.8. The molecule has 3 rings (SSSR count). The van der Waals surface area contributed by atoms with Crippen LogP contribution in [0.4, 0.5) is 5.69 Å². The number of hydrogen-bond donors (Lipinski definition) is 1. The van der Waals surface area contributed by atoms with Crippen LogP contribution >= 0.6 is 23.2 Å². The second-order valence-electron chi connectivity index (χ2n) is 4.72. The SMILES string of the molecule is O=C(Nc1ccncc1)c1cccnc1Oc1ccc(Cl)cc1Cl. The molecule has 0 bridgehead atoms. The van der Waals surface area contributed by atoms with Gasteiger partial charge in [-0.2, -0.15) is 0 Å². The number of nitrogens with one attached hydrogen (secondary N) is 1. The monoisotopic (exact) mass is 359 g/mol. The van der Waals surface area contributed by atoms with Crippen molar-refractivity contribution >= 4 is 34.8 Å². The van der Waals surface area contributed by atoms with Crippen molar-refractivity contribution in [3.05, 3.63) is 76.7 Å². The second kappa shape index (κ2) is 7.29. The maximum absolute atomic E-state index is 12.5. The van der Waals surface area contributed by atoms with Crippen LogP contribution in [0.1, 0.15) is 10.4 Å². The summed E-state index contributed by atoms with van der Waals surface area (Å²) >= 11 is 12.0. The van der Waals surface area contributed by atoms with Gasteiger partial charge in [0.1, 0.15) is 11.3 Å². The van der Waals surface area contributed by atoms with Crippen LogP contribution in [0.2, 0.25) is 10.0 Å². The fourth-order valence-corrected chi connectivity index (χ4v) is 2.39. The molecule has 0 aliphatic heterocycles. The van der Waals surface area contributed by atoms with E-state index in [0.29, 0.717) is 21.5 Å². The number of halogens is 2. The number of pyridine rings is 2. The quantitative estimate of drug-likeness (QED) is 0.724. The molecule has 7 heteroatoms. The van der Waals surface area contributed by atoms with Gasteiger partial charge in [0.15, 0.2) is 0 Å². The number of benzene rings is 1. The Hall–Kier alpha value is -2.63. The van der Waals surface area contributed by atoms with Crippen LogP contribution in [0.3, 0.4) is 0 Å². The summed E-state index contributed by atoms with van der Waals surface area (Å²) in [5, 5.41) is 3.57. The van der Waals surface area contributed by atoms with Crippen LogP contribution < -0.4 is 10.1 Å². The molecule has 0 fully saturated rings. The molecule has 5 nitrogen and oxygen atoms in total. The van der Waals surface area contributed by atoms with Crippen molar-refractivity contribution in [3.8, 4) is 11.6 Å². The number of anilines is 1. The van der Waals surface area contributed by atoms with Crippen LogP contribution in [0, 0.1) is 0 Å². The van der Waals surface area contributed by atoms with Gasteiger partial charge in [0, 0.05) is 29.3 Å². The van der Waals surface area contributed by atoms with E-state index in [2.05, 4.69) is 15.3 Å². The summed E-state index contributed by atoms with van der Waals surface area (Å²) in [6.45, 7) is 0. The van der Waals surface area contributed by atoms with Gasteiger partial charge in [-0.25, -0.2) is 4.98 Å². The van der Waals surface area contributed by atoms with Gasteiger partial charge >= 0.3 is 0 Å². The zero-order chi connectivity index (χ0) is 16.9. The Kier molecular flexibility index (Phi) is 4.93. The third-order valence-electron chi connectivity index (χ3n) is 3.05. The smallest absolute Gasteiger partial charge is 0.261 e. The molecule has 24 heavy (non-hydrogen) atoms. The molecule has 0 saturated heterocycles. The maximum atomic E-state index is 12.5. The van der Waals surface area contributed by atoms with Crippen LogP contribution in [0.15, 0.2) is 61.1 Å². The van der Waals surface area contributed by atoms with Crippen LogP contribution in [-0.2, 0) is 0 Å². The van der Waals surface area contributed by atoms with Crippen molar-refractivity contribution < 1.29 is 9.53 Å². The minimum absolute atomic E-state index is 0.147. The van der Waals surface area contributed by atoms with Gasteiger partial charge < -0.3 is 10.1 Å². The Balaban J connectivity index is 1.86. The van der Waals surface area contributed by atoms with E-state index in [0.717, 1.165) is 0 Å². The Morgan fingerprint density at radius 2 is 1.83 bits per heavy atom. The van der Waals surface area contributed by atoms with Crippen LogP contribution in [-0.4, -0.2) is 15.9 Å². The molecule has 0 aliphatic rings. The van der Waals surface area contributed by atoms with E-state index in [1.54, 1.807) is 54.9 Å². The van der Waals surface area contributed by atoms with Gasteiger partial charge in [-0.05, 0) is 42.5 Å². The number of ether oxygens (including phenoxy) is 1. The van der Waals surface area contributed by atoms with Crippen molar-refractivity contribution in [3.63, 3.8) is 0 Å². The highest BCUT2D eigenvalue weighted by Gasteiger charge is 2.15. The molecule has 1 aromatic carbocycles. The first kappa shape index (κ1) is 16.2. The standard InChI is InChI=1S/C17H11Cl2N3O2/c18-11-3-4-15(14(19)10-11)24-17-13(2-1-7-21-17)16(23)22-12-5-8-20-9-6-12/h1-10H,(H,20,22,23). The molecule has 1 N–H and O–H groups in total. The fraction of sp³-hybridized carbons (Fsp3) is 0. The van der Waals surface area contributed by atoms with Crippen molar-refractivity contribution in [1.82, 2.24) is 9.97 Å². The number of aromatic nitrogens is 2. The zero-order valence-electron chi connectivity index (χ0n) is 12.2. The fourth-order valence-electron chi connectivity index (χ4n) is 1.94. The van der Waals surface area contributed by atoms with Crippen LogP contribution in [0.25, 0.3) is 0 Å². The summed E-state index contributed by atoms with van der Waals surface area (Å²) < 4.78 is 5.68. The molecule has 2 aromatic heterocycles. The molecule has 0 aliphatic carbocycles. The number of hydrogen-bond acceptors (Lipinski definition) is 4. The lowest BCUT2D eigenvalue weighted by molar-refractivity contribution is 0.102. The lowest BCUT2D eigenvalue weighted by Crippen LogP contribution is -2.13. The average molecular weight is 360 g/mol. The molecule has 0 atom stereocenters. The summed E-state index contributed by atoms with van der Waals surface area (Å²) in [7, 11) is 0. The third kappa shape index (κ3) is 3.82.